The van der Waals surface area contributed by atoms with E-state index in [0.717, 1.165) is 13.0 Å². The maximum Gasteiger partial charge on any atom is 0.234 e. The normalized spacial score (nSPS) is 10.5. The Morgan fingerprint density at radius 3 is 2.81 bits per heavy atom. The summed E-state index contributed by atoms with van der Waals surface area (Å²) >= 11 is 0. The van der Waals surface area contributed by atoms with Crippen molar-refractivity contribution in [2.24, 2.45) is 0 Å². The lowest BCUT2D eigenvalue weighted by Crippen LogP contribution is -2.39. The summed E-state index contributed by atoms with van der Waals surface area (Å²) in [4.78, 5) is 13.5. The zero-order chi connectivity index (χ0) is 15.7. The lowest BCUT2D eigenvalue weighted by Gasteiger charge is -2.17. The van der Waals surface area contributed by atoms with E-state index in [9.17, 15) is 4.79 Å². The molecule has 114 valence electrons. The molecule has 1 aromatic carbocycles. The van der Waals surface area contributed by atoms with Crippen LogP contribution in [0.3, 0.4) is 0 Å². The van der Waals surface area contributed by atoms with Crippen molar-refractivity contribution < 1.29 is 9.53 Å². The maximum atomic E-state index is 11.6. The van der Waals surface area contributed by atoms with Crippen molar-refractivity contribution in [3.63, 3.8) is 0 Å². The number of rotatable bonds is 8. The molecule has 0 radical (unpaired) electrons. The van der Waals surface area contributed by atoms with E-state index in [-0.39, 0.29) is 11.9 Å². The first-order valence-electron chi connectivity index (χ1n) is 7.12. The molecule has 0 aliphatic rings. The molecule has 0 fully saturated rings. The first-order chi connectivity index (χ1) is 10.0. The first kappa shape index (κ1) is 17.0. The first-order valence-corrected chi connectivity index (χ1v) is 7.12. The molecule has 0 saturated carbocycles. The van der Waals surface area contributed by atoms with Gasteiger partial charge in [-0.2, -0.15) is 5.26 Å². The Labute approximate surface area is 126 Å². The van der Waals surface area contributed by atoms with Gasteiger partial charge >= 0.3 is 0 Å². The highest BCUT2D eigenvalue weighted by Crippen LogP contribution is 2.16. The topological polar surface area (TPSA) is 65.4 Å². The summed E-state index contributed by atoms with van der Waals surface area (Å²) in [5.74, 6) is 0.642. The van der Waals surface area contributed by atoms with Crippen molar-refractivity contribution in [2.45, 2.75) is 26.3 Å². The summed E-state index contributed by atoms with van der Waals surface area (Å²) in [7, 11) is 1.91. The largest absolute Gasteiger partial charge is 0.492 e. The van der Waals surface area contributed by atoms with Crippen LogP contribution in [-0.4, -0.2) is 43.6 Å². The van der Waals surface area contributed by atoms with Crippen molar-refractivity contribution in [2.75, 3.05) is 26.7 Å². The van der Waals surface area contributed by atoms with E-state index >= 15 is 0 Å². The number of nitriles is 1. The molecule has 5 nitrogen and oxygen atoms in total. The number of amides is 1. The Balaban J connectivity index is 2.25. The molecule has 0 aromatic heterocycles. The van der Waals surface area contributed by atoms with Crippen molar-refractivity contribution in [1.29, 1.82) is 5.26 Å². The third-order valence-electron chi connectivity index (χ3n) is 2.81. The standard InChI is InChI=1S/C16H23N3O2/c1-13(2)18-16(20)12-19(3)9-6-10-21-15-8-5-4-7-14(15)11-17/h4-5,7-8,13H,6,9-10,12H2,1-3H3,(H,18,20). The summed E-state index contributed by atoms with van der Waals surface area (Å²) in [6, 6.07) is 9.45. The van der Waals surface area contributed by atoms with Crippen LogP contribution in [0, 0.1) is 11.3 Å². The zero-order valence-electron chi connectivity index (χ0n) is 12.9. The number of likely N-dealkylation sites (N-methyl/N-ethyl adjacent to an activating group) is 1. The summed E-state index contributed by atoms with van der Waals surface area (Å²) < 4.78 is 5.60. The number of ether oxygens (including phenoxy) is 1. The number of para-hydroxylation sites is 1. The average molecular weight is 289 g/mol. The molecule has 0 saturated heterocycles. The smallest absolute Gasteiger partial charge is 0.234 e. The van der Waals surface area contributed by atoms with Crippen LogP contribution in [0.1, 0.15) is 25.8 Å². The fourth-order valence-corrected chi connectivity index (χ4v) is 1.89. The summed E-state index contributed by atoms with van der Waals surface area (Å²) in [5.41, 5.74) is 0.544. The lowest BCUT2D eigenvalue weighted by atomic mass is 10.2. The molecule has 1 amide bonds. The molecule has 5 heteroatoms. The van der Waals surface area contributed by atoms with Gasteiger partial charge in [-0.1, -0.05) is 12.1 Å². The van der Waals surface area contributed by atoms with Gasteiger partial charge < -0.3 is 10.1 Å². The number of hydrogen-bond donors (Lipinski definition) is 1. The van der Waals surface area contributed by atoms with Gasteiger partial charge in [-0.05, 0) is 39.4 Å². The fraction of sp³-hybridized carbons (Fsp3) is 0.500. The van der Waals surface area contributed by atoms with Gasteiger partial charge in [0, 0.05) is 12.6 Å². The molecular weight excluding hydrogens is 266 g/mol. The minimum atomic E-state index is 0.0308. The summed E-state index contributed by atoms with van der Waals surface area (Å²) in [6.45, 7) is 5.55. The van der Waals surface area contributed by atoms with E-state index in [1.807, 2.05) is 37.9 Å². The number of hydrogen-bond acceptors (Lipinski definition) is 4. The maximum absolute atomic E-state index is 11.6. The highest BCUT2D eigenvalue weighted by Gasteiger charge is 2.07. The van der Waals surface area contributed by atoms with Crippen molar-refractivity contribution in [3.8, 4) is 11.8 Å². The van der Waals surface area contributed by atoms with E-state index in [1.165, 1.54) is 0 Å². The monoisotopic (exact) mass is 289 g/mol. The zero-order valence-corrected chi connectivity index (χ0v) is 12.9. The van der Waals surface area contributed by atoms with Crippen molar-refractivity contribution in [1.82, 2.24) is 10.2 Å². The number of nitrogens with one attached hydrogen (secondary N) is 1. The molecule has 21 heavy (non-hydrogen) atoms. The Morgan fingerprint density at radius 2 is 2.14 bits per heavy atom. The van der Waals surface area contributed by atoms with E-state index in [4.69, 9.17) is 10.00 Å². The van der Waals surface area contributed by atoms with Crippen LogP contribution in [0.5, 0.6) is 5.75 Å². The van der Waals surface area contributed by atoms with E-state index in [1.54, 1.807) is 12.1 Å². The Hall–Kier alpha value is -2.06. The summed E-state index contributed by atoms with van der Waals surface area (Å²) in [5, 5.41) is 11.8. The minimum Gasteiger partial charge on any atom is -0.492 e. The Bertz CT molecular complexity index is 495. The van der Waals surface area contributed by atoms with Gasteiger partial charge in [0.05, 0.1) is 18.7 Å². The number of benzene rings is 1. The van der Waals surface area contributed by atoms with Gasteiger partial charge in [-0.15, -0.1) is 0 Å². The molecule has 0 aliphatic heterocycles. The second-order valence-corrected chi connectivity index (χ2v) is 5.27. The van der Waals surface area contributed by atoms with Gasteiger partial charge in [-0.3, -0.25) is 9.69 Å². The molecule has 0 bridgehead atoms. The second-order valence-electron chi connectivity index (χ2n) is 5.27. The van der Waals surface area contributed by atoms with E-state index < -0.39 is 0 Å². The predicted molar refractivity (Wildman–Crippen MR) is 82.0 cm³/mol. The Morgan fingerprint density at radius 1 is 1.43 bits per heavy atom. The van der Waals surface area contributed by atoms with Crippen LogP contribution in [0.15, 0.2) is 24.3 Å². The molecule has 1 N–H and O–H groups in total. The quantitative estimate of drug-likeness (QED) is 0.741. The Kier molecular flexibility index (Phi) is 7.27. The molecule has 0 spiro atoms. The predicted octanol–water partition coefficient (Wildman–Crippen LogP) is 1.78. The van der Waals surface area contributed by atoms with Crippen LogP contribution >= 0.6 is 0 Å². The summed E-state index contributed by atoms with van der Waals surface area (Å²) in [6.07, 6.45) is 0.797. The fourth-order valence-electron chi connectivity index (χ4n) is 1.89. The molecule has 1 aromatic rings. The van der Waals surface area contributed by atoms with Gasteiger partial charge in [0.25, 0.3) is 0 Å². The molecule has 1 rings (SSSR count). The van der Waals surface area contributed by atoms with E-state index in [2.05, 4.69) is 11.4 Å². The van der Waals surface area contributed by atoms with Gasteiger partial charge in [0.1, 0.15) is 11.8 Å². The van der Waals surface area contributed by atoms with Crippen LogP contribution in [0.25, 0.3) is 0 Å². The highest BCUT2D eigenvalue weighted by atomic mass is 16.5. The number of nitrogens with zero attached hydrogens (tertiary/aromatic N) is 2. The van der Waals surface area contributed by atoms with Gasteiger partial charge in [0.2, 0.25) is 5.91 Å². The SMILES string of the molecule is CC(C)NC(=O)CN(C)CCCOc1ccccc1C#N. The van der Waals surface area contributed by atoms with Crippen LogP contribution in [-0.2, 0) is 4.79 Å². The minimum absolute atomic E-state index is 0.0308. The molecule has 0 unspecified atom stereocenters. The van der Waals surface area contributed by atoms with Crippen molar-refractivity contribution in [3.05, 3.63) is 29.8 Å². The number of carbonyl (C=O) groups is 1. The van der Waals surface area contributed by atoms with Crippen molar-refractivity contribution >= 4 is 5.91 Å². The third kappa shape index (κ3) is 6.77. The third-order valence-corrected chi connectivity index (χ3v) is 2.81. The number of carbonyl (C=O) groups excluding carboxylic acids is 1. The molecule has 0 aliphatic carbocycles. The molecule has 0 atom stereocenters. The lowest BCUT2D eigenvalue weighted by molar-refractivity contribution is -0.122. The van der Waals surface area contributed by atoms with Gasteiger partial charge in [-0.25, -0.2) is 0 Å². The molecular formula is C16H23N3O2. The van der Waals surface area contributed by atoms with Gasteiger partial charge in [0.15, 0.2) is 0 Å². The molecule has 0 heterocycles. The highest BCUT2D eigenvalue weighted by molar-refractivity contribution is 5.78. The van der Waals surface area contributed by atoms with Crippen LogP contribution in [0.4, 0.5) is 0 Å². The van der Waals surface area contributed by atoms with E-state index in [0.29, 0.717) is 24.5 Å². The second kappa shape index (κ2) is 8.98. The van der Waals surface area contributed by atoms with Crippen LogP contribution in [0.2, 0.25) is 0 Å². The average Bonchev–Trinajstić information content (AvgIpc) is 2.43. The van der Waals surface area contributed by atoms with Crippen LogP contribution < -0.4 is 10.1 Å².